The van der Waals surface area contributed by atoms with E-state index in [1.54, 1.807) is 42.5 Å². The van der Waals surface area contributed by atoms with Gasteiger partial charge in [-0.05, 0) is 66.9 Å². The Balaban J connectivity index is 1.73. The van der Waals surface area contributed by atoms with Crippen LogP contribution in [0.3, 0.4) is 0 Å². The molecule has 146 valence electrons. The number of anilines is 1. The molecule has 1 heterocycles. The van der Waals surface area contributed by atoms with Crippen LogP contribution in [0.1, 0.15) is 23.1 Å². The second-order valence-corrected chi connectivity index (χ2v) is 8.14. The van der Waals surface area contributed by atoms with Crippen LogP contribution >= 0.6 is 27.5 Å². The summed E-state index contributed by atoms with van der Waals surface area (Å²) in [6.45, 7) is 0. The van der Waals surface area contributed by atoms with Crippen molar-refractivity contribution in [2.45, 2.75) is 18.9 Å². The molecule has 1 aliphatic rings. The van der Waals surface area contributed by atoms with Gasteiger partial charge < -0.3 is 10.4 Å². The summed E-state index contributed by atoms with van der Waals surface area (Å²) in [6, 6.07) is 19.6. The number of carbonyl (C=O) groups excluding carboxylic acids is 1. The van der Waals surface area contributed by atoms with Crippen LogP contribution < -0.4 is 5.32 Å². The topological polar surface area (TPSA) is 61.7 Å². The Morgan fingerprint density at radius 1 is 1.07 bits per heavy atom. The monoisotopic (exact) mass is 468 g/mol. The number of carbonyl (C=O) groups is 1. The Hall–Kier alpha value is -2.63. The Morgan fingerprint density at radius 3 is 2.59 bits per heavy atom. The summed E-state index contributed by atoms with van der Waals surface area (Å²) in [7, 11) is 0. The first-order chi connectivity index (χ1) is 14.0. The summed E-state index contributed by atoms with van der Waals surface area (Å²) in [6.07, 6.45) is 1.28. The van der Waals surface area contributed by atoms with Gasteiger partial charge in [-0.1, -0.05) is 45.7 Å². The number of halogens is 2. The lowest BCUT2D eigenvalue weighted by Gasteiger charge is -2.12. The predicted molar refractivity (Wildman–Crippen MR) is 120 cm³/mol. The maximum absolute atomic E-state index is 12.9. The van der Waals surface area contributed by atoms with Gasteiger partial charge in [-0.3, -0.25) is 9.79 Å². The Bertz CT molecular complexity index is 1100. The molecule has 29 heavy (non-hydrogen) atoms. The van der Waals surface area contributed by atoms with E-state index in [2.05, 4.69) is 21.2 Å². The van der Waals surface area contributed by atoms with Crippen LogP contribution in [-0.2, 0) is 11.2 Å². The van der Waals surface area contributed by atoms with Crippen molar-refractivity contribution in [1.29, 1.82) is 0 Å². The summed E-state index contributed by atoms with van der Waals surface area (Å²) >= 11 is 9.79. The van der Waals surface area contributed by atoms with Crippen molar-refractivity contribution in [1.82, 2.24) is 0 Å². The van der Waals surface area contributed by atoms with Gasteiger partial charge in [0, 0.05) is 20.6 Å². The number of nitrogens with one attached hydrogen (secondary N) is 1. The summed E-state index contributed by atoms with van der Waals surface area (Å²) in [4.78, 5) is 17.7. The van der Waals surface area contributed by atoms with Crippen molar-refractivity contribution < 1.29 is 9.90 Å². The minimum Gasteiger partial charge on any atom is -0.508 e. The van der Waals surface area contributed by atoms with E-state index in [0.717, 1.165) is 21.2 Å². The number of amides is 1. The summed E-state index contributed by atoms with van der Waals surface area (Å²) < 4.78 is 1.02. The lowest BCUT2D eigenvalue weighted by atomic mass is 10.00. The SMILES string of the molecule is O=C1Nc2ccc(Cl)cc2C(c2ccc(O)cc2)=NC1CCc1ccccc1Br. The largest absolute Gasteiger partial charge is 0.508 e. The number of phenolic OH excluding ortho intramolecular Hbond substituents is 1. The molecule has 0 fully saturated rings. The first-order valence-corrected chi connectivity index (χ1v) is 10.4. The van der Waals surface area contributed by atoms with Crippen LogP contribution in [0.5, 0.6) is 5.75 Å². The van der Waals surface area contributed by atoms with Gasteiger partial charge in [0.2, 0.25) is 5.91 Å². The Kier molecular flexibility index (Phi) is 5.69. The number of benzene rings is 3. The number of aliphatic imine (C=N–C) groups is 1. The highest BCUT2D eigenvalue weighted by molar-refractivity contribution is 9.10. The lowest BCUT2D eigenvalue weighted by Crippen LogP contribution is -2.26. The van der Waals surface area contributed by atoms with Crippen molar-refractivity contribution in [3.8, 4) is 5.75 Å². The smallest absolute Gasteiger partial charge is 0.249 e. The molecule has 1 atom stereocenters. The van der Waals surface area contributed by atoms with Gasteiger partial charge in [0.25, 0.3) is 0 Å². The highest BCUT2D eigenvalue weighted by Gasteiger charge is 2.26. The zero-order valence-electron chi connectivity index (χ0n) is 15.4. The molecule has 2 N–H and O–H groups in total. The molecule has 0 bridgehead atoms. The van der Waals surface area contributed by atoms with Gasteiger partial charge in [-0.25, -0.2) is 0 Å². The fourth-order valence-electron chi connectivity index (χ4n) is 3.36. The number of benzodiazepines with no additional fused rings is 1. The van der Waals surface area contributed by atoms with Crippen LogP contribution in [0.2, 0.25) is 5.02 Å². The normalized spacial score (nSPS) is 15.9. The van der Waals surface area contributed by atoms with E-state index in [0.29, 0.717) is 29.3 Å². The summed E-state index contributed by atoms with van der Waals surface area (Å²) in [5, 5.41) is 13.2. The van der Waals surface area contributed by atoms with E-state index in [-0.39, 0.29) is 11.7 Å². The number of rotatable bonds is 4. The van der Waals surface area contributed by atoms with Crippen molar-refractivity contribution in [2.75, 3.05) is 5.32 Å². The maximum atomic E-state index is 12.9. The van der Waals surface area contributed by atoms with Gasteiger partial charge in [0.15, 0.2) is 0 Å². The summed E-state index contributed by atoms with van der Waals surface area (Å²) in [5.74, 6) is 0.0309. The van der Waals surface area contributed by atoms with Gasteiger partial charge in [0.1, 0.15) is 11.8 Å². The number of phenols is 1. The van der Waals surface area contributed by atoms with Crippen LogP contribution in [-0.4, -0.2) is 22.8 Å². The molecule has 3 aromatic carbocycles. The van der Waals surface area contributed by atoms with Gasteiger partial charge in [0.05, 0.1) is 11.4 Å². The van der Waals surface area contributed by atoms with E-state index in [9.17, 15) is 9.90 Å². The molecule has 0 radical (unpaired) electrons. The molecule has 0 saturated heterocycles. The van der Waals surface area contributed by atoms with E-state index in [1.165, 1.54) is 0 Å². The zero-order valence-corrected chi connectivity index (χ0v) is 17.7. The van der Waals surface area contributed by atoms with Crippen LogP contribution in [0.4, 0.5) is 5.69 Å². The molecule has 0 aliphatic carbocycles. The highest BCUT2D eigenvalue weighted by Crippen LogP contribution is 2.29. The van der Waals surface area contributed by atoms with Gasteiger partial charge >= 0.3 is 0 Å². The zero-order chi connectivity index (χ0) is 20.4. The third-order valence-corrected chi connectivity index (χ3v) is 5.88. The van der Waals surface area contributed by atoms with E-state index in [1.807, 2.05) is 24.3 Å². The third kappa shape index (κ3) is 4.36. The second-order valence-electron chi connectivity index (χ2n) is 6.85. The molecule has 1 amide bonds. The molecule has 0 spiro atoms. The number of aryl methyl sites for hydroxylation is 1. The van der Waals surface area contributed by atoms with E-state index >= 15 is 0 Å². The molecular formula is C23H18BrClN2O2. The molecule has 0 aromatic heterocycles. The third-order valence-electron chi connectivity index (χ3n) is 4.87. The van der Waals surface area contributed by atoms with Crippen LogP contribution in [0.25, 0.3) is 0 Å². The standard InChI is InChI=1S/C23H18BrClN2O2/c24-19-4-2-1-3-14(19)7-11-21-23(29)27-20-12-8-16(25)13-18(20)22(26-21)15-5-9-17(28)10-6-15/h1-6,8-10,12-13,21,28H,7,11H2,(H,27,29). The minimum absolute atomic E-state index is 0.144. The van der Waals surface area contributed by atoms with Gasteiger partial charge in [-0.2, -0.15) is 0 Å². The van der Waals surface area contributed by atoms with Crippen molar-refractivity contribution in [2.24, 2.45) is 4.99 Å². The Morgan fingerprint density at radius 2 is 1.83 bits per heavy atom. The van der Waals surface area contributed by atoms with Crippen LogP contribution in [0, 0.1) is 0 Å². The number of hydrogen-bond donors (Lipinski definition) is 2. The molecule has 6 heteroatoms. The average molecular weight is 470 g/mol. The first kappa shape index (κ1) is 19.7. The van der Waals surface area contributed by atoms with Crippen molar-refractivity contribution in [3.05, 3.63) is 92.9 Å². The van der Waals surface area contributed by atoms with Crippen molar-refractivity contribution >= 4 is 44.8 Å². The quantitative estimate of drug-likeness (QED) is 0.522. The number of fused-ring (bicyclic) bond motifs is 1. The number of hydrogen-bond acceptors (Lipinski definition) is 3. The second kappa shape index (κ2) is 8.39. The highest BCUT2D eigenvalue weighted by atomic mass is 79.9. The fourth-order valence-corrected chi connectivity index (χ4v) is 4.01. The molecule has 1 unspecified atom stereocenters. The first-order valence-electron chi connectivity index (χ1n) is 9.22. The van der Waals surface area contributed by atoms with Crippen molar-refractivity contribution in [3.63, 3.8) is 0 Å². The molecule has 1 aliphatic heterocycles. The maximum Gasteiger partial charge on any atom is 0.249 e. The molecular weight excluding hydrogens is 452 g/mol. The van der Waals surface area contributed by atoms with E-state index < -0.39 is 6.04 Å². The van der Waals surface area contributed by atoms with Crippen LogP contribution in [0.15, 0.2) is 76.2 Å². The van der Waals surface area contributed by atoms with Gasteiger partial charge in [-0.15, -0.1) is 0 Å². The molecule has 0 saturated carbocycles. The van der Waals surface area contributed by atoms with E-state index in [4.69, 9.17) is 16.6 Å². The minimum atomic E-state index is -0.544. The summed E-state index contributed by atoms with van der Waals surface area (Å²) in [5.41, 5.74) is 4.06. The average Bonchev–Trinajstić information content (AvgIpc) is 2.84. The Labute approximate surface area is 182 Å². The fraction of sp³-hybridized carbons (Fsp3) is 0.130. The molecule has 4 nitrogen and oxygen atoms in total. The number of aromatic hydroxyl groups is 1. The predicted octanol–water partition coefficient (Wildman–Crippen LogP) is 5.60. The lowest BCUT2D eigenvalue weighted by molar-refractivity contribution is -0.117. The molecule has 3 aromatic rings. The number of nitrogens with zero attached hydrogens (tertiary/aromatic N) is 1. The molecule has 4 rings (SSSR count).